The van der Waals surface area contributed by atoms with Gasteiger partial charge >= 0.3 is 0 Å². The lowest BCUT2D eigenvalue weighted by Gasteiger charge is -2.34. The van der Waals surface area contributed by atoms with Crippen molar-refractivity contribution in [2.24, 2.45) is 0 Å². The van der Waals surface area contributed by atoms with Gasteiger partial charge in [-0.05, 0) is 68.6 Å². The summed E-state index contributed by atoms with van der Waals surface area (Å²) in [5, 5.41) is 16.6. The number of rotatable bonds is 27. The van der Waals surface area contributed by atoms with E-state index in [9.17, 15) is 32.4 Å². The van der Waals surface area contributed by atoms with Crippen molar-refractivity contribution in [3.63, 3.8) is 0 Å². The number of piperidine rings is 1. The highest BCUT2D eigenvalue weighted by atomic mass is 32.2. The second-order valence-electron chi connectivity index (χ2n) is 17.4. The van der Waals surface area contributed by atoms with E-state index in [0.29, 0.717) is 115 Å². The predicted octanol–water partition coefficient (Wildman–Crippen LogP) is 1.87. The van der Waals surface area contributed by atoms with E-state index in [2.05, 4.69) is 46.1 Å². The molecule has 74 heavy (non-hydrogen) atoms. The van der Waals surface area contributed by atoms with E-state index >= 15 is 0 Å². The number of unbranched alkanes of at least 4 members (excludes halogenated alkanes) is 1. The number of benzene rings is 2. The van der Waals surface area contributed by atoms with Crippen molar-refractivity contribution < 1.29 is 51.3 Å². The van der Waals surface area contributed by atoms with Gasteiger partial charge in [-0.15, -0.1) is 5.10 Å². The van der Waals surface area contributed by atoms with Crippen LogP contribution in [0.3, 0.4) is 0 Å². The van der Waals surface area contributed by atoms with Gasteiger partial charge in [0.15, 0.2) is 11.5 Å². The number of amides is 5. The fourth-order valence-corrected chi connectivity index (χ4v) is 9.94. The van der Waals surface area contributed by atoms with Crippen molar-refractivity contribution in [2.75, 3.05) is 108 Å². The van der Waals surface area contributed by atoms with Gasteiger partial charge in [-0.3, -0.25) is 39.2 Å². The van der Waals surface area contributed by atoms with Gasteiger partial charge in [-0.2, -0.15) is 4.31 Å². The molecule has 0 bridgehead atoms. The number of sulfonamides is 1. The molecule has 2 saturated heterocycles. The Hall–Kier alpha value is -7.13. The molecular weight excluding hydrogens is 979 g/mol. The molecule has 1 atom stereocenters. The third-order valence-electron chi connectivity index (χ3n) is 12.4. The highest BCUT2D eigenvalue weighted by Gasteiger charge is 2.45. The molecule has 5 aromatic rings. The molecule has 8 rings (SSSR count). The second-order valence-corrected chi connectivity index (χ2v) is 19.4. The summed E-state index contributed by atoms with van der Waals surface area (Å²) in [6, 6.07) is 13.6. The molecule has 3 aliphatic rings. The van der Waals surface area contributed by atoms with E-state index in [1.54, 1.807) is 53.3 Å². The van der Waals surface area contributed by atoms with E-state index in [0.717, 1.165) is 36.4 Å². The summed E-state index contributed by atoms with van der Waals surface area (Å²) >= 11 is 0. The molecule has 1 unspecified atom stereocenters. The van der Waals surface area contributed by atoms with Gasteiger partial charge in [0, 0.05) is 62.8 Å². The lowest BCUT2D eigenvalue weighted by molar-refractivity contribution is -0.136. The minimum absolute atomic E-state index is 0.0361. The van der Waals surface area contributed by atoms with Crippen molar-refractivity contribution in [1.82, 2.24) is 49.4 Å². The summed E-state index contributed by atoms with van der Waals surface area (Å²) in [7, 11) is -3.72. The fourth-order valence-electron chi connectivity index (χ4n) is 8.52. The van der Waals surface area contributed by atoms with Crippen molar-refractivity contribution in [3.8, 4) is 11.3 Å². The molecule has 3 aliphatic heterocycles. The van der Waals surface area contributed by atoms with Crippen LogP contribution >= 0.6 is 0 Å². The number of nitrogens with zero attached hydrogens (tertiary/aromatic N) is 9. The van der Waals surface area contributed by atoms with Crippen molar-refractivity contribution in [2.45, 2.75) is 49.6 Å². The maximum absolute atomic E-state index is 13.6. The van der Waals surface area contributed by atoms with Gasteiger partial charge in [0.25, 0.3) is 17.7 Å². The molecule has 0 radical (unpaired) electrons. The normalized spacial score (nSPS) is 16.4. The summed E-state index contributed by atoms with van der Waals surface area (Å²) in [5.74, 6) is -2.79. The number of aromatic nitrogens is 6. The largest absolute Gasteiger partial charge is 0.382 e. The summed E-state index contributed by atoms with van der Waals surface area (Å²) in [4.78, 5) is 79.0. The van der Waals surface area contributed by atoms with Crippen LogP contribution in [0, 0.1) is 0 Å². The first-order valence-electron chi connectivity index (χ1n) is 24.4. The molecule has 3 aromatic heterocycles. The number of imide groups is 2. The monoisotopic (exact) mass is 1040 g/mol. The number of fused-ring (bicyclic) bond motifs is 1. The molecule has 0 saturated carbocycles. The van der Waals surface area contributed by atoms with E-state index in [4.69, 9.17) is 24.7 Å². The number of hydrogen-bond donors (Lipinski definition) is 4. The van der Waals surface area contributed by atoms with Crippen LogP contribution in [0.5, 0.6) is 0 Å². The number of piperazine rings is 1. The topological polar surface area (TPSA) is 298 Å². The first-order valence-corrected chi connectivity index (χ1v) is 25.9. The van der Waals surface area contributed by atoms with Crippen LogP contribution in [0.1, 0.15) is 62.6 Å². The van der Waals surface area contributed by atoms with Gasteiger partial charge in [-0.1, -0.05) is 23.4 Å². The molecular formula is C49H59N13O11S. The molecule has 0 aliphatic carbocycles. The Morgan fingerprint density at radius 3 is 2.26 bits per heavy atom. The number of anilines is 3. The molecule has 2 aromatic carbocycles. The Kier molecular flexibility index (Phi) is 18.5. The SMILES string of the molecule is Nc1ncc(-c2ccc(S(=O)(=O)N3CCN(CCCCc4cn(CCOCCOCCOCCOCCNc5cccc6c5C(=O)N(C5CCC(=O)NC5=O)C6=O)nn4)CC3)cc2)nc1C(=O)Nc1cccnc1. The smallest absolute Gasteiger partial charge is 0.278 e. The van der Waals surface area contributed by atoms with Crippen LogP contribution in [0.2, 0.25) is 0 Å². The number of pyridine rings is 1. The van der Waals surface area contributed by atoms with Gasteiger partial charge < -0.3 is 40.2 Å². The highest BCUT2D eigenvalue weighted by Crippen LogP contribution is 2.32. The number of ether oxygens (including phenoxy) is 4. The van der Waals surface area contributed by atoms with E-state index in [1.165, 1.54) is 28.8 Å². The number of hydrogen-bond acceptors (Lipinski definition) is 19. The minimum Gasteiger partial charge on any atom is -0.382 e. The molecule has 6 heterocycles. The van der Waals surface area contributed by atoms with E-state index in [1.807, 2.05) is 6.20 Å². The first kappa shape index (κ1) is 53.2. The fraction of sp³-hybridized carbons (Fsp3) is 0.429. The number of carbonyl (C=O) groups excluding carboxylic acids is 5. The Morgan fingerprint density at radius 1 is 0.811 bits per heavy atom. The number of nitrogens with two attached hydrogens (primary N) is 1. The molecule has 0 spiro atoms. The minimum atomic E-state index is -3.72. The zero-order valence-electron chi connectivity index (χ0n) is 40.7. The van der Waals surface area contributed by atoms with Crippen LogP contribution < -0.4 is 21.7 Å². The zero-order valence-corrected chi connectivity index (χ0v) is 41.5. The average Bonchev–Trinajstić information content (AvgIpc) is 3.97. The molecule has 2 fully saturated rings. The Morgan fingerprint density at radius 2 is 1.54 bits per heavy atom. The molecule has 24 nitrogen and oxygen atoms in total. The summed E-state index contributed by atoms with van der Waals surface area (Å²) in [5.41, 5.74) is 9.11. The van der Waals surface area contributed by atoms with Crippen molar-refractivity contribution in [3.05, 3.63) is 102 Å². The van der Waals surface area contributed by atoms with Gasteiger partial charge in [0.1, 0.15) is 6.04 Å². The van der Waals surface area contributed by atoms with E-state index in [-0.39, 0.29) is 40.4 Å². The maximum atomic E-state index is 13.6. The van der Waals surface area contributed by atoms with Crippen LogP contribution in [-0.2, 0) is 51.5 Å². The molecule has 5 amide bonds. The van der Waals surface area contributed by atoms with Crippen LogP contribution in [-0.4, -0.2) is 180 Å². The van der Waals surface area contributed by atoms with Crippen LogP contribution in [0.15, 0.2) is 84.3 Å². The second kappa shape index (κ2) is 25.7. The zero-order chi connectivity index (χ0) is 51.9. The number of nitrogen functional groups attached to an aromatic ring is 1. The van der Waals surface area contributed by atoms with Crippen LogP contribution in [0.25, 0.3) is 11.3 Å². The standard InChI is InChI=1S/C49H59N13O11S/c50-45-44(47(65)54-35-6-4-15-51-31-35)55-40(32-53-45)34-9-11-37(12-10-34)74(68,69)61-20-18-59(19-21-61)17-2-1-5-36-33-60(58-57-36)22-24-71-26-28-73-30-29-72-27-25-70-23-16-52-39-8-3-7-38-43(39)49(67)62(48(38)66)41-13-14-42(63)56-46(41)64/h3-4,6-12,15,31-33,41,52H,1-2,5,13-14,16-30H2,(H2,50,53)(H,54,65)(H,56,63,64). The number of carbonyl (C=O) groups is 5. The Bertz CT molecular complexity index is 2870. The Balaban J connectivity index is 0.620. The van der Waals surface area contributed by atoms with Crippen molar-refractivity contribution in [1.29, 1.82) is 0 Å². The Labute approximate surface area is 427 Å². The summed E-state index contributed by atoms with van der Waals surface area (Å²) in [6.45, 7) is 6.93. The molecule has 392 valence electrons. The maximum Gasteiger partial charge on any atom is 0.278 e. The van der Waals surface area contributed by atoms with Crippen LogP contribution in [0.4, 0.5) is 17.2 Å². The van der Waals surface area contributed by atoms with Gasteiger partial charge in [0.2, 0.25) is 21.8 Å². The first-order chi connectivity index (χ1) is 36.0. The van der Waals surface area contributed by atoms with Gasteiger partial charge in [-0.25, -0.2) is 23.1 Å². The third kappa shape index (κ3) is 13.7. The lowest BCUT2D eigenvalue weighted by atomic mass is 10.0. The summed E-state index contributed by atoms with van der Waals surface area (Å²) in [6.07, 6.45) is 9.24. The van der Waals surface area contributed by atoms with Crippen molar-refractivity contribution >= 4 is 56.8 Å². The lowest BCUT2D eigenvalue weighted by Crippen LogP contribution is -2.54. The van der Waals surface area contributed by atoms with Gasteiger partial charge in [0.05, 0.1) is 105 Å². The molecule has 25 heteroatoms. The quantitative estimate of drug-likeness (QED) is 0.0431. The summed E-state index contributed by atoms with van der Waals surface area (Å²) < 4.78 is 52.9. The number of nitrogens with one attached hydrogen (secondary N) is 3. The van der Waals surface area contributed by atoms with E-state index < -0.39 is 45.6 Å². The number of aryl methyl sites for hydroxylation is 1. The predicted molar refractivity (Wildman–Crippen MR) is 267 cm³/mol. The highest BCUT2D eigenvalue weighted by molar-refractivity contribution is 7.89. The average molecular weight is 1040 g/mol. The molecule has 5 N–H and O–H groups in total. The third-order valence-corrected chi connectivity index (χ3v) is 14.3.